The molecule has 0 unspecified atom stereocenters. The summed E-state index contributed by atoms with van der Waals surface area (Å²) in [6.07, 6.45) is 1.32. The second-order valence-electron chi connectivity index (χ2n) is 6.51. The van der Waals surface area contributed by atoms with Gasteiger partial charge in [0.05, 0.1) is 0 Å². The SMILES string of the molecule is CC(C)C[C@@H]([NH3+])C(=O)O.CC(C)C[C@@H]([NH3+])C(=O)O.O=C([O-])C(=O)O.O=C([O-])C(=O)O. The molecule has 14 heteroatoms. The first kappa shape index (κ1) is 34.3. The fourth-order valence-electron chi connectivity index (χ4n) is 1.34. The fraction of sp³-hybridized carbons (Fsp3) is 0.625. The van der Waals surface area contributed by atoms with Crippen LogP contribution in [-0.2, 0) is 28.8 Å². The van der Waals surface area contributed by atoms with Crippen molar-refractivity contribution < 1.29 is 70.9 Å². The van der Waals surface area contributed by atoms with Gasteiger partial charge in [0.15, 0.2) is 24.0 Å². The van der Waals surface area contributed by atoms with Gasteiger partial charge in [-0.15, -0.1) is 0 Å². The quantitative estimate of drug-likeness (QED) is 0.211. The molecule has 0 saturated carbocycles. The van der Waals surface area contributed by atoms with Gasteiger partial charge in [-0.3, -0.25) is 0 Å². The second kappa shape index (κ2) is 19.1. The van der Waals surface area contributed by atoms with Gasteiger partial charge in [-0.2, -0.15) is 0 Å². The smallest absolute Gasteiger partial charge is 0.362 e. The summed E-state index contributed by atoms with van der Waals surface area (Å²) in [5.74, 6) is -8.78. The highest BCUT2D eigenvalue weighted by molar-refractivity contribution is 6.26. The van der Waals surface area contributed by atoms with Crippen LogP contribution < -0.4 is 21.7 Å². The molecule has 2 atom stereocenters. The molecule has 0 radical (unpaired) electrons. The molecule has 0 aromatic rings. The summed E-state index contributed by atoms with van der Waals surface area (Å²) in [7, 11) is 0. The van der Waals surface area contributed by atoms with E-state index in [0.717, 1.165) is 0 Å². The molecule has 0 aliphatic rings. The number of hydrogen-bond donors (Lipinski definition) is 6. The Bertz CT molecular complexity index is 501. The first-order valence-corrected chi connectivity index (χ1v) is 8.36. The third kappa shape index (κ3) is 32.4. The van der Waals surface area contributed by atoms with Crippen LogP contribution in [0.3, 0.4) is 0 Å². The summed E-state index contributed by atoms with van der Waals surface area (Å²) in [6.45, 7) is 7.95. The molecule has 14 nitrogen and oxygen atoms in total. The van der Waals surface area contributed by atoms with Gasteiger partial charge in [-0.05, 0) is 11.8 Å². The lowest BCUT2D eigenvalue weighted by Crippen LogP contribution is -2.65. The summed E-state index contributed by atoms with van der Waals surface area (Å²) in [5.41, 5.74) is 6.96. The van der Waals surface area contributed by atoms with E-state index in [1.54, 1.807) is 0 Å². The van der Waals surface area contributed by atoms with E-state index in [2.05, 4.69) is 11.5 Å². The van der Waals surface area contributed by atoms with Gasteiger partial charge in [0.2, 0.25) is 0 Å². The maximum absolute atomic E-state index is 10.2. The minimum Gasteiger partial charge on any atom is -0.539 e. The van der Waals surface area contributed by atoms with E-state index >= 15 is 0 Å². The summed E-state index contributed by atoms with van der Waals surface area (Å²) >= 11 is 0. The Labute approximate surface area is 172 Å². The Morgan fingerprint density at radius 1 is 0.633 bits per heavy atom. The number of quaternary nitrogens is 2. The number of carbonyl (C=O) groups is 6. The van der Waals surface area contributed by atoms with Gasteiger partial charge in [0.25, 0.3) is 0 Å². The molecule has 0 rings (SSSR count). The van der Waals surface area contributed by atoms with Crippen molar-refractivity contribution in [3.63, 3.8) is 0 Å². The number of carboxylic acids is 6. The lowest BCUT2D eigenvalue weighted by molar-refractivity contribution is -0.410. The molecule has 30 heavy (non-hydrogen) atoms. The van der Waals surface area contributed by atoms with Crippen molar-refractivity contribution in [3.8, 4) is 0 Å². The third-order valence-electron chi connectivity index (χ3n) is 2.56. The summed E-state index contributed by atoms with van der Waals surface area (Å²) in [6, 6.07) is -0.880. The van der Waals surface area contributed by atoms with Crippen LogP contribution in [0.4, 0.5) is 0 Å². The Balaban J connectivity index is -0.000000153. The van der Waals surface area contributed by atoms with Crippen molar-refractivity contribution in [2.75, 3.05) is 0 Å². The van der Waals surface area contributed by atoms with Crippen LogP contribution in [0.1, 0.15) is 40.5 Å². The molecule has 0 aliphatic heterocycles. The van der Waals surface area contributed by atoms with Crippen LogP contribution in [0, 0.1) is 11.8 Å². The minimum absolute atomic E-state index is 0.420. The largest absolute Gasteiger partial charge is 0.539 e. The molecule has 0 amide bonds. The normalized spacial score (nSPS) is 11.2. The molecule has 0 aromatic carbocycles. The van der Waals surface area contributed by atoms with Gasteiger partial charge < -0.3 is 51.7 Å². The Morgan fingerprint density at radius 2 is 0.800 bits per heavy atom. The maximum atomic E-state index is 10.2. The zero-order valence-corrected chi connectivity index (χ0v) is 17.2. The number of carboxylic acid groups (broad SMARTS) is 6. The molecule has 0 bridgehead atoms. The first-order valence-electron chi connectivity index (χ1n) is 8.36. The van der Waals surface area contributed by atoms with Crippen LogP contribution in [0.25, 0.3) is 0 Å². The van der Waals surface area contributed by atoms with Crippen molar-refractivity contribution in [2.45, 2.75) is 52.6 Å². The molecule has 0 fully saturated rings. The molecule has 176 valence electrons. The highest BCUT2D eigenvalue weighted by Gasteiger charge is 2.16. The van der Waals surface area contributed by atoms with E-state index in [9.17, 15) is 9.59 Å². The maximum Gasteiger partial charge on any atom is 0.362 e. The zero-order valence-electron chi connectivity index (χ0n) is 17.2. The Kier molecular flexibility index (Phi) is 21.8. The van der Waals surface area contributed by atoms with Gasteiger partial charge >= 0.3 is 23.9 Å². The summed E-state index contributed by atoms with van der Waals surface area (Å²) < 4.78 is 0. The van der Waals surface area contributed by atoms with Crippen LogP contribution in [0.2, 0.25) is 0 Å². The summed E-state index contributed by atoms with van der Waals surface area (Å²) in [5, 5.41) is 49.4. The molecule has 10 N–H and O–H groups in total. The lowest BCUT2D eigenvalue weighted by atomic mass is 10.1. The highest BCUT2D eigenvalue weighted by atomic mass is 16.4. The van der Waals surface area contributed by atoms with Crippen molar-refractivity contribution in [2.24, 2.45) is 11.8 Å². The van der Waals surface area contributed by atoms with Crippen molar-refractivity contribution >= 4 is 35.8 Å². The molecule has 0 aromatic heterocycles. The number of carbonyl (C=O) groups excluding carboxylic acids is 2. The average Bonchev–Trinajstić information content (AvgIpc) is 2.54. The van der Waals surface area contributed by atoms with E-state index in [1.807, 2.05) is 27.7 Å². The standard InChI is InChI=1S/2C6H13NO2.2C2H2O4/c2*1-4(2)3-5(7)6(8)9;2*3-1(4)2(5)6/h2*4-5H,3,7H2,1-2H3,(H,8,9);2*(H,3,4)(H,5,6)/t2*5-;;/m11../s1. The molecular formula is C16H30N2O12. The minimum atomic E-state index is -2.07. The predicted octanol–water partition coefficient (Wildman–Crippen LogP) is -4.90. The van der Waals surface area contributed by atoms with Gasteiger partial charge in [0.1, 0.15) is 0 Å². The van der Waals surface area contributed by atoms with Crippen LogP contribution in [-0.4, -0.2) is 68.3 Å². The Hall–Kier alpha value is -3.26. The lowest BCUT2D eigenvalue weighted by Gasteiger charge is -2.04. The Morgan fingerprint density at radius 3 is 0.833 bits per heavy atom. The molecule has 0 heterocycles. The summed E-state index contributed by atoms with van der Waals surface area (Å²) in [4.78, 5) is 56.4. The molecule has 0 spiro atoms. The van der Waals surface area contributed by atoms with E-state index in [4.69, 9.17) is 49.8 Å². The van der Waals surface area contributed by atoms with Gasteiger partial charge in [0, 0.05) is 12.8 Å². The van der Waals surface area contributed by atoms with Crippen molar-refractivity contribution in [3.05, 3.63) is 0 Å². The number of hydrogen-bond acceptors (Lipinski definition) is 8. The highest BCUT2D eigenvalue weighted by Crippen LogP contribution is 2.01. The average molecular weight is 442 g/mol. The zero-order chi connectivity index (χ0) is 25.2. The number of rotatable bonds is 6. The molecular weight excluding hydrogens is 412 g/mol. The van der Waals surface area contributed by atoms with Crippen molar-refractivity contribution in [1.82, 2.24) is 0 Å². The van der Waals surface area contributed by atoms with Gasteiger partial charge in [-0.25, -0.2) is 19.2 Å². The van der Waals surface area contributed by atoms with E-state index in [1.165, 1.54) is 0 Å². The molecule has 0 aliphatic carbocycles. The van der Waals surface area contributed by atoms with Gasteiger partial charge in [-0.1, -0.05) is 27.7 Å². The van der Waals surface area contributed by atoms with Crippen LogP contribution in [0.5, 0.6) is 0 Å². The second-order valence-corrected chi connectivity index (χ2v) is 6.51. The van der Waals surface area contributed by atoms with Crippen LogP contribution >= 0.6 is 0 Å². The monoisotopic (exact) mass is 442 g/mol. The van der Waals surface area contributed by atoms with Crippen molar-refractivity contribution in [1.29, 1.82) is 0 Å². The molecule has 0 saturated heterocycles. The fourth-order valence-corrected chi connectivity index (χ4v) is 1.34. The van der Waals surface area contributed by atoms with E-state index < -0.39 is 47.9 Å². The number of aliphatic carboxylic acids is 6. The first-order chi connectivity index (χ1) is 13.4. The van der Waals surface area contributed by atoms with E-state index in [0.29, 0.717) is 24.7 Å². The third-order valence-corrected chi connectivity index (χ3v) is 2.56. The van der Waals surface area contributed by atoms with Crippen LogP contribution in [0.15, 0.2) is 0 Å². The topological polar surface area (TPSA) is 285 Å². The predicted molar refractivity (Wildman–Crippen MR) is 92.8 cm³/mol. The van der Waals surface area contributed by atoms with E-state index in [-0.39, 0.29) is 0 Å².